The Bertz CT molecular complexity index is 481. The second-order valence-electron chi connectivity index (χ2n) is 4.79. The molecule has 0 radical (unpaired) electrons. The Labute approximate surface area is 111 Å². The van der Waals surface area contributed by atoms with Crippen molar-refractivity contribution < 1.29 is 14.7 Å². The normalized spacial score (nSPS) is 22.2. The van der Waals surface area contributed by atoms with E-state index in [1.54, 1.807) is 24.3 Å². The van der Waals surface area contributed by atoms with Crippen LogP contribution in [0.4, 0.5) is 0 Å². The molecule has 19 heavy (non-hydrogen) atoms. The number of aliphatic carboxylic acids is 1. The first kappa shape index (κ1) is 13.3. The summed E-state index contributed by atoms with van der Waals surface area (Å²) in [5.41, 5.74) is 0.897. The van der Waals surface area contributed by atoms with Crippen LogP contribution >= 0.6 is 0 Å². The number of nitrogens with one attached hydrogen (secondary N) is 1. The summed E-state index contributed by atoms with van der Waals surface area (Å²) in [6, 6.07) is 0. The van der Waals surface area contributed by atoms with Gasteiger partial charge in [-0.05, 0) is 12.8 Å². The van der Waals surface area contributed by atoms with Crippen molar-refractivity contribution in [2.75, 3.05) is 7.05 Å². The Morgan fingerprint density at radius 3 is 2.68 bits per heavy atom. The maximum absolute atomic E-state index is 12.3. The van der Waals surface area contributed by atoms with E-state index in [0.717, 1.165) is 5.56 Å². The van der Waals surface area contributed by atoms with E-state index in [9.17, 15) is 14.7 Å². The fraction of sp³-hybridized carbons (Fsp3) is 0.462. The molecule has 102 valence electrons. The third-order valence-corrected chi connectivity index (χ3v) is 3.42. The van der Waals surface area contributed by atoms with Gasteiger partial charge in [0.05, 0.1) is 18.0 Å². The summed E-state index contributed by atoms with van der Waals surface area (Å²) in [5.74, 6) is -2.12. The van der Waals surface area contributed by atoms with Crippen LogP contribution in [-0.2, 0) is 16.1 Å². The van der Waals surface area contributed by atoms with Crippen molar-refractivity contribution >= 4 is 11.9 Å². The molecule has 0 unspecified atom stereocenters. The summed E-state index contributed by atoms with van der Waals surface area (Å²) >= 11 is 0. The number of hydrogen-bond donors (Lipinski definition) is 2. The van der Waals surface area contributed by atoms with Crippen molar-refractivity contribution in [2.45, 2.75) is 19.4 Å². The molecule has 2 N–H and O–H groups in total. The molecule has 1 amide bonds. The standard InChI is InChI=1S/C13H17N3O3/c1-16(8-9-6-14-15-7-9)12(17)10-4-2-3-5-11(10)13(18)19/h2-3,6-7,10-11H,4-5,8H2,1H3,(H,14,15)(H,18,19)/t10-,11+/m1/s1. The summed E-state index contributed by atoms with van der Waals surface area (Å²) in [4.78, 5) is 25.1. The third-order valence-electron chi connectivity index (χ3n) is 3.42. The zero-order valence-electron chi connectivity index (χ0n) is 10.7. The minimum atomic E-state index is -0.903. The van der Waals surface area contributed by atoms with E-state index in [1.165, 1.54) is 0 Å². The van der Waals surface area contributed by atoms with Gasteiger partial charge in [0.15, 0.2) is 0 Å². The summed E-state index contributed by atoms with van der Waals surface area (Å²) in [6.07, 6.45) is 8.00. The zero-order chi connectivity index (χ0) is 13.8. The molecule has 0 spiro atoms. The lowest BCUT2D eigenvalue weighted by Crippen LogP contribution is -2.39. The monoisotopic (exact) mass is 263 g/mol. The van der Waals surface area contributed by atoms with Gasteiger partial charge in [0.25, 0.3) is 0 Å². The van der Waals surface area contributed by atoms with Gasteiger partial charge < -0.3 is 10.0 Å². The second kappa shape index (κ2) is 5.69. The SMILES string of the molecule is CN(Cc1cn[nH]c1)C(=O)[C@@H]1CC=CC[C@@H]1C(=O)O. The van der Waals surface area contributed by atoms with E-state index in [2.05, 4.69) is 10.2 Å². The second-order valence-corrected chi connectivity index (χ2v) is 4.79. The highest BCUT2D eigenvalue weighted by Gasteiger charge is 2.35. The van der Waals surface area contributed by atoms with Crippen LogP contribution in [0.2, 0.25) is 0 Å². The maximum atomic E-state index is 12.3. The maximum Gasteiger partial charge on any atom is 0.307 e. The number of carboxylic acids is 1. The molecule has 1 aromatic heterocycles. The molecule has 6 nitrogen and oxygen atoms in total. The highest BCUT2D eigenvalue weighted by atomic mass is 16.4. The number of hydrogen-bond acceptors (Lipinski definition) is 3. The smallest absolute Gasteiger partial charge is 0.307 e. The molecule has 0 fully saturated rings. The van der Waals surface area contributed by atoms with Crippen molar-refractivity contribution in [1.82, 2.24) is 15.1 Å². The van der Waals surface area contributed by atoms with Gasteiger partial charge in [0.2, 0.25) is 5.91 Å². The number of allylic oxidation sites excluding steroid dienone is 2. The number of rotatable bonds is 4. The summed E-state index contributed by atoms with van der Waals surface area (Å²) in [6.45, 7) is 0.432. The molecule has 1 heterocycles. The largest absolute Gasteiger partial charge is 0.481 e. The summed E-state index contributed by atoms with van der Waals surface area (Å²) in [5, 5.41) is 15.7. The Morgan fingerprint density at radius 2 is 2.11 bits per heavy atom. The van der Waals surface area contributed by atoms with E-state index < -0.39 is 17.8 Å². The quantitative estimate of drug-likeness (QED) is 0.794. The number of aromatic amines is 1. The van der Waals surface area contributed by atoms with Crippen LogP contribution in [0.25, 0.3) is 0 Å². The molecule has 2 atom stereocenters. The van der Waals surface area contributed by atoms with Crippen LogP contribution in [0, 0.1) is 11.8 Å². The minimum absolute atomic E-state index is 0.127. The predicted octanol–water partition coefficient (Wildman–Crippen LogP) is 1.04. The average Bonchev–Trinajstić information content (AvgIpc) is 2.90. The molecular formula is C13H17N3O3. The number of carbonyl (C=O) groups is 2. The average molecular weight is 263 g/mol. The summed E-state index contributed by atoms with van der Waals surface area (Å²) < 4.78 is 0. The van der Waals surface area contributed by atoms with E-state index in [0.29, 0.717) is 19.4 Å². The Balaban J connectivity index is 2.05. The molecule has 0 bridgehead atoms. The van der Waals surface area contributed by atoms with Gasteiger partial charge in [0, 0.05) is 25.4 Å². The molecule has 0 aliphatic heterocycles. The Hall–Kier alpha value is -2.11. The van der Waals surface area contributed by atoms with Crippen molar-refractivity contribution in [2.24, 2.45) is 11.8 Å². The number of amides is 1. The number of nitrogens with zero attached hydrogens (tertiary/aromatic N) is 2. The fourth-order valence-corrected chi connectivity index (χ4v) is 2.36. The van der Waals surface area contributed by atoms with E-state index in [1.807, 2.05) is 12.2 Å². The van der Waals surface area contributed by atoms with Crippen molar-refractivity contribution in [1.29, 1.82) is 0 Å². The molecule has 1 aliphatic rings. The van der Waals surface area contributed by atoms with E-state index >= 15 is 0 Å². The third kappa shape index (κ3) is 3.01. The van der Waals surface area contributed by atoms with E-state index in [-0.39, 0.29) is 5.91 Å². The first-order chi connectivity index (χ1) is 9.09. The van der Waals surface area contributed by atoms with E-state index in [4.69, 9.17) is 0 Å². The van der Waals surface area contributed by atoms with Gasteiger partial charge >= 0.3 is 5.97 Å². The minimum Gasteiger partial charge on any atom is -0.481 e. The van der Waals surface area contributed by atoms with Crippen LogP contribution in [0.1, 0.15) is 18.4 Å². The molecular weight excluding hydrogens is 246 g/mol. The number of carboxylic acid groups (broad SMARTS) is 1. The first-order valence-electron chi connectivity index (χ1n) is 6.20. The van der Waals surface area contributed by atoms with Gasteiger partial charge in [-0.1, -0.05) is 12.2 Å². The number of carbonyl (C=O) groups excluding carboxylic acids is 1. The molecule has 0 aromatic carbocycles. The lowest BCUT2D eigenvalue weighted by atomic mass is 9.82. The lowest BCUT2D eigenvalue weighted by molar-refractivity contribution is -0.150. The van der Waals surface area contributed by atoms with Gasteiger partial charge in [-0.15, -0.1) is 0 Å². The Kier molecular flexibility index (Phi) is 3.99. The van der Waals surface area contributed by atoms with Crippen LogP contribution in [0.3, 0.4) is 0 Å². The molecule has 1 aromatic rings. The summed E-state index contributed by atoms with van der Waals surface area (Å²) in [7, 11) is 1.69. The molecule has 6 heteroatoms. The highest BCUT2D eigenvalue weighted by molar-refractivity contribution is 5.85. The van der Waals surface area contributed by atoms with Gasteiger partial charge in [-0.25, -0.2) is 0 Å². The van der Waals surface area contributed by atoms with Crippen molar-refractivity contribution in [3.8, 4) is 0 Å². The molecule has 0 saturated carbocycles. The fourth-order valence-electron chi connectivity index (χ4n) is 2.36. The first-order valence-corrected chi connectivity index (χ1v) is 6.20. The van der Waals surface area contributed by atoms with Crippen molar-refractivity contribution in [3.63, 3.8) is 0 Å². The van der Waals surface area contributed by atoms with Crippen molar-refractivity contribution in [3.05, 3.63) is 30.1 Å². The molecule has 1 aliphatic carbocycles. The van der Waals surface area contributed by atoms with Crippen LogP contribution < -0.4 is 0 Å². The molecule has 0 saturated heterocycles. The van der Waals surface area contributed by atoms with Crippen LogP contribution in [-0.4, -0.2) is 39.1 Å². The van der Waals surface area contributed by atoms with Gasteiger partial charge in [-0.3, -0.25) is 14.7 Å². The highest BCUT2D eigenvalue weighted by Crippen LogP contribution is 2.27. The topological polar surface area (TPSA) is 86.3 Å². The Morgan fingerprint density at radius 1 is 1.42 bits per heavy atom. The zero-order valence-corrected chi connectivity index (χ0v) is 10.7. The van der Waals surface area contributed by atoms with Gasteiger partial charge in [-0.2, -0.15) is 5.10 Å². The predicted molar refractivity (Wildman–Crippen MR) is 68.1 cm³/mol. The lowest BCUT2D eigenvalue weighted by Gasteiger charge is -2.28. The van der Waals surface area contributed by atoms with Crippen LogP contribution in [0.5, 0.6) is 0 Å². The van der Waals surface area contributed by atoms with Crippen LogP contribution in [0.15, 0.2) is 24.5 Å². The number of aromatic nitrogens is 2. The number of H-pyrrole nitrogens is 1. The van der Waals surface area contributed by atoms with Gasteiger partial charge in [0.1, 0.15) is 0 Å². The molecule has 2 rings (SSSR count).